The van der Waals surface area contributed by atoms with Gasteiger partial charge >= 0.3 is 0 Å². The van der Waals surface area contributed by atoms with Crippen LogP contribution >= 0.6 is 0 Å². The van der Waals surface area contributed by atoms with Crippen LogP contribution in [0.3, 0.4) is 0 Å². The quantitative estimate of drug-likeness (QED) is 0.518. The minimum absolute atomic E-state index is 0.514. The van der Waals surface area contributed by atoms with E-state index in [2.05, 4.69) is 13.8 Å². The van der Waals surface area contributed by atoms with E-state index in [0.717, 1.165) is 11.8 Å². The summed E-state index contributed by atoms with van der Waals surface area (Å²) >= 11 is 0. The SMILES string of the molecule is [CH]=C(C)C12CC1CCC2C. The predicted octanol–water partition coefficient (Wildman–Crippen LogP) is 2.80. The molecule has 0 N–H and O–H groups in total. The monoisotopic (exact) mass is 135 g/mol. The van der Waals surface area contributed by atoms with Gasteiger partial charge in [-0.3, -0.25) is 0 Å². The van der Waals surface area contributed by atoms with Crippen molar-refractivity contribution in [2.24, 2.45) is 17.3 Å². The molecule has 0 amide bonds. The highest BCUT2D eigenvalue weighted by atomic mass is 14.6. The van der Waals surface area contributed by atoms with Crippen LogP contribution in [-0.2, 0) is 0 Å². The zero-order valence-corrected chi connectivity index (χ0v) is 6.85. The molecule has 0 saturated heterocycles. The van der Waals surface area contributed by atoms with Crippen LogP contribution in [0.5, 0.6) is 0 Å². The first-order chi connectivity index (χ1) is 4.68. The van der Waals surface area contributed by atoms with Crippen molar-refractivity contribution in [3.05, 3.63) is 12.2 Å². The van der Waals surface area contributed by atoms with Gasteiger partial charge in [-0.05, 0) is 43.4 Å². The molecule has 55 valence electrons. The molecule has 2 aliphatic rings. The van der Waals surface area contributed by atoms with Gasteiger partial charge in [0, 0.05) is 0 Å². The maximum atomic E-state index is 5.88. The minimum atomic E-state index is 0.514. The first kappa shape index (κ1) is 6.45. The van der Waals surface area contributed by atoms with Gasteiger partial charge < -0.3 is 0 Å². The van der Waals surface area contributed by atoms with Crippen LogP contribution in [0, 0.1) is 23.8 Å². The second kappa shape index (κ2) is 1.66. The van der Waals surface area contributed by atoms with E-state index in [4.69, 9.17) is 6.58 Å². The van der Waals surface area contributed by atoms with Crippen molar-refractivity contribution < 1.29 is 0 Å². The highest BCUT2D eigenvalue weighted by molar-refractivity contribution is 5.24. The van der Waals surface area contributed by atoms with Crippen molar-refractivity contribution >= 4 is 0 Å². The molecule has 0 nitrogen and oxygen atoms in total. The molecule has 10 heavy (non-hydrogen) atoms. The first-order valence-electron chi connectivity index (χ1n) is 4.27. The van der Waals surface area contributed by atoms with Crippen LogP contribution in [-0.4, -0.2) is 0 Å². The average Bonchev–Trinajstić information content (AvgIpc) is 2.52. The Bertz CT molecular complexity index is 180. The Morgan fingerprint density at radius 3 is 2.40 bits per heavy atom. The molecule has 0 spiro atoms. The van der Waals surface area contributed by atoms with E-state index >= 15 is 0 Å². The molecular weight excluding hydrogens is 120 g/mol. The van der Waals surface area contributed by atoms with Gasteiger partial charge in [-0.25, -0.2) is 0 Å². The van der Waals surface area contributed by atoms with E-state index in [1.54, 1.807) is 0 Å². The third-order valence-electron chi connectivity index (χ3n) is 3.71. The van der Waals surface area contributed by atoms with Gasteiger partial charge in [-0.15, -0.1) is 0 Å². The molecule has 0 heterocycles. The van der Waals surface area contributed by atoms with E-state index in [1.165, 1.54) is 24.8 Å². The largest absolute Gasteiger partial charge is 0.0666 e. The molecule has 0 heteroatoms. The Morgan fingerprint density at radius 1 is 1.50 bits per heavy atom. The van der Waals surface area contributed by atoms with E-state index < -0.39 is 0 Å². The lowest BCUT2D eigenvalue weighted by molar-refractivity contribution is 0.414. The van der Waals surface area contributed by atoms with Gasteiger partial charge in [0.15, 0.2) is 0 Å². The smallest absolute Gasteiger partial charge is 0.00306 e. The maximum Gasteiger partial charge on any atom is -0.00306 e. The molecule has 2 saturated carbocycles. The Morgan fingerprint density at radius 2 is 2.20 bits per heavy atom. The van der Waals surface area contributed by atoms with E-state index in [0.29, 0.717) is 5.41 Å². The molecule has 1 radical (unpaired) electrons. The van der Waals surface area contributed by atoms with Gasteiger partial charge in [0.05, 0.1) is 0 Å². The Kier molecular flexibility index (Phi) is 1.07. The average molecular weight is 135 g/mol. The molecule has 0 aromatic heterocycles. The number of allylic oxidation sites excluding steroid dienone is 1. The third-order valence-corrected chi connectivity index (χ3v) is 3.71. The summed E-state index contributed by atoms with van der Waals surface area (Å²) in [7, 11) is 0. The van der Waals surface area contributed by atoms with Crippen LogP contribution in [0.15, 0.2) is 5.57 Å². The summed E-state index contributed by atoms with van der Waals surface area (Å²) in [6, 6.07) is 0. The van der Waals surface area contributed by atoms with Crippen LogP contribution in [0.1, 0.15) is 33.1 Å². The summed E-state index contributed by atoms with van der Waals surface area (Å²) < 4.78 is 0. The number of rotatable bonds is 1. The molecule has 2 fully saturated rings. The minimum Gasteiger partial charge on any atom is -0.0666 e. The highest BCUT2D eigenvalue weighted by Crippen LogP contribution is 2.69. The Hall–Kier alpha value is -0.260. The zero-order valence-electron chi connectivity index (χ0n) is 6.85. The molecule has 2 aliphatic carbocycles. The topological polar surface area (TPSA) is 0 Å². The fourth-order valence-corrected chi connectivity index (χ4v) is 2.89. The normalized spacial score (nSPS) is 50.6. The molecule has 3 unspecified atom stereocenters. The first-order valence-corrected chi connectivity index (χ1v) is 4.27. The van der Waals surface area contributed by atoms with E-state index in [-0.39, 0.29) is 0 Å². The van der Waals surface area contributed by atoms with Crippen molar-refractivity contribution in [1.29, 1.82) is 0 Å². The molecule has 0 bridgehead atoms. The molecule has 2 rings (SSSR count). The van der Waals surface area contributed by atoms with Crippen molar-refractivity contribution in [1.82, 2.24) is 0 Å². The van der Waals surface area contributed by atoms with Gasteiger partial charge in [0.2, 0.25) is 0 Å². The van der Waals surface area contributed by atoms with E-state index in [9.17, 15) is 0 Å². The van der Waals surface area contributed by atoms with Crippen LogP contribution in [0.4, 0.5) is 0 Å². The maximum absolute atomic E-state index is 5.88. The molecule has 3 atom stereocenters. The highest BCUT2D eigenvalue weighted by Gasteiger charge is 2.61. The van der Waals surface area contributed by atoms with Crippen molar-refractivity contribution in [2.75, 3.05) is 0 Å². The van der Waals surface area contributed by atoms with E-state index in [1.807, 2.05) is 0 Å². The van der Waals surface area contributed by atoms with Crippen LogP contribution < -0.4 is 0 Å². The van der Waals surface area contributed by atoms with Crippen LogP contribution in [0.2, 0.25) is 0 Å². The lowest BCUT2D eigenvalue weighted by Crippen LogP contribution is -2.10. The molecule has 0 aromatic rings. The summed E-state index contributed by atoms with van der Waals surface area (Å²) in [5.74, 6) is 1.83. The van der Waals surface area contributed by atoms with Crippen molar-refractivity contribution in [2.45, 2.75) is 33.1 Å². The lowest BCUT2D eigenvalue weighted by atomic mass is 9.86. The summed E-state index contributed by atoms with van der Waals surface area (Å²) in [5.41, 5.74) is 1.71. The van der Waals surface area contributed by atoms with Gasteiger partial charge in [0.25, 0.3) is 0 Å². The molecule has 0 aliphatic heterocycles. The summed E-state index contributed by atoms with van der Waals surface area (Å²) in [6.45, 7) is 10.3. The van der Waals surface area contributed by atoms with Crippen LogP contribution in [0.25, 0.3) is 0 Å². The molecule has 0 aromatic carbocycles. The summed E-state index contributed by atoms with van der Waals surface area (Å²) in [6.07, 6.45) is 4.21. The van der Waals surface area contributed by atoms with Crippen molar-refractivity contribution in [3.63, 3.8) is 0 Å². The Balaban J connectivity index is 2.25. The summed E-state index contributed by atoms with van der Waals surface area (Å²) in [4.78, 5) is 0. The third kappa shape index (κ3) is 0.531. The number of hydrogen-bond donors (Lipinski definition) is 0. The summed E-state index contributed by atoms with van der Waals surface area (Å²) in [5, 5.41) is 0. The standard InChI is InChI=1S/C10H15/c1-7(2)10-6-9(10)5-4-8(10)3/h1,8-9H,4-6H2,2-3H3. The van der Waals surface area contributed by atoms with Gasteiger partial charge in [-0.1, -0.05) is 19.1 Å². The second-order valence-corrected chi connectivity index (χ2v) is 4.10. The lowest BCUT2D eigenvalue weighted by Gasteiger charge is -2.18. The zero-order chi connectivity index (χ0) is 7.35. The number of fused-ring (bicyclic) bond motifs is 1. The Labute approximate surface area is 63.3 Å². The molecular formula is C10H15. The van der Waals surface area contributed by atoms with Crippen molar-refractivity contribution in [3.8, 4) is 0 Å². The van der Waals surface area contributed by atoms with Gasteiger partial charge in [-0.2, -0.15) is 0 Å². The predicted molar refractivity (Wildman–Crippen MR) is 42.4 cm³/mol. The fourth-order valence-electron chi connectivity index (χ4n) is 2.89. The van der Waals surface area contributed by atoms with Gasteiger partial charge in [0.1, 0.15) is 0 Å². The number of hydrogen-bond acceptors (Lipinski definition) is 0. The fraction of sp³-hybridized carbons (Fsp3) is 0.800. The second-order valence-electron chi connectivity index (χ2n) is 4.10.